The van der Waals surface area contributed by atoms with Crippen LogP contribution in [0.3, 0.4) is 0 Å². The Labute approximate surface area is 109 Å². The molecule has 0 aliphatic rings. The molecule has 0 fully saturated rings. The number of unbranched alkanes of at least 4 members (excludes halogenated alkanes) is 1. The highest BCUT2D eigenvalue weighted by Crippen LogP contribution is 2.13. The van der Waals surface area contributed by atoms with Crippen molar-refractivity contribution >= 4 is 17.9 Å². The molecule has 19 heavy (non-hydrogen) atoms. The molecule has 0 amide bonds. The van der Waals surface area contributed by atoms with E-state index in [1.807, 2.05) is 0 Å². The highest BCUT2D eigenvalue weighted by molar-refractivity contribution is 5.87. The molecule has 0 aromatic heterocycles. The van der Waals surface area contributed by atoms with Gasteiger partial charge >= 0.3 is 17.9 Å². The molecule has 0 aliphatic heterocycles. The molecule has 0 aliphatic carbocycles. The van der Waals surface area contributed by atoms with Crippen LogP contribution in [0.15, 0.2) is 24.3 Å². The molecule has 6 nitrogen and oxygen atoms in total. The number of carboxylic acids is 2. The van der Waals surface area contributed by atoms with Crippen LogP contribution < -0.4 is 4.74 Å². The van der Waals surface area contributed by atoms with E-state index < -0.39 is 17.9 Å². The van der Waals surface area contributed by atoms with Crippen LogP contribution in [0, 0.1) is 0 Å². The van der Waals surface area contributed by atoms with Crippen molar-refractivity contribution in [3.63, 3.8) is 0 Å². The summed E-state index contributed by atoms with van der Waals surface area (Å²) in [5, 5.41) is 17.1. The zero-order chi connectivity index (χ0) is 14.3. The third-order valence-corrected chi connectivity index (χ3v) is 2.35. The fourth-order valence-electron chi connectivity index (χ4n) is 1.39. The molecular weight excluding hydrogens is 252 g/mol. The number of carboxylic acid groups (broad SMARTS) is 2. The van der Waals surface area contributed by atoms with Crippen LogP contribution >= 0.6 is 0 Å². The number of benzene rings is 1. The van der Waals surface area contributed by atoms with Gasteiger partial charge in [0, 0.05) is 12.8 Å². The van der Waals surface area contributed by atoms with Crippen LogP contribution in [0.25, 0.3) is 0 Å². The highest BCUT2D eigenvalue weighted by Gasteiger charge is 2.07. The summed E-state index contributed by atoms with van der Waals surface area (Å²) < 4.78 is 4.98. The second kappa shape index (κ2) is 7.15. The predicted octanol–water partition coefficient (Wildman–Crippen LogP) is 1.94. The predicted molar refractivity (Wildman–Crippen MR) is 65.1 cm³/mol. The SMILES string of the molecule is O=C(O)CCCCC(=O)Oc1ccc(C(=O)O)cc1. The molecule has 0 unspecified atom stereocenters. The van der Waals surface area contributed by atoms with E-state index in [9.17, 15) is 14.4 Å². The molecule has 1 aromatic rings. The molecule has 1 rings (SSSR count). The molecule has 1 aromatic carbocycles. The van der Waals surface area contributed by atoms with Gasteiger partial charge in [0.2, 0.25) is 0 Å². The first-order valence-corrected chi connectivity index (χ1v) is 5.75. The maximum atomic E-state index is 11.4. The van der Waals surface area contributed by atoms with Gasteiger partial charge in [-0.2, -0.15) is 0 Å². The summed E-state index contributed by atoms with van der Waals surface area (Å²) in [5.41, 5.74) is 0.112. The fraction of sp³-hybridized carbons (Fsp3) is 0.308. The lowest BCUT2D eigenvalue weighted by Gasteiger charge is -2.04. The number of aromatic carboxylic acids is 1. The Kier molecular flexibility index (Phi) is 5.53. The molecular formula is C13H14O6. The molecule has 0 saturated heterocycles. The van der Waals surface area contributed by atoms with Crippen molar-refractivity contribution in [2.24, 2.45) is 0 Å². The topological polar surface area (TPSA) is 101 Å². The Morgan fingerprint density at radius 1 is 0.947 bits per heavy atom. The first-order valence-electron chi connectivity index (χ1n) is 5.75. The number of aliphatic carboxylic acids is 1. The van der Waals surface area contributed by atoms with Crippen LogP contribution in [0.5, 0.6) is 5.75 Å². The minimum Gasteiger partial charge on any atom is -0.481 e. The van der Waals surface area contributed by atoms with Crippen molar-refractivity contribution in [2.75, 3.05) is 0 Å². The lowest BCUT2D eigenvalue weighted by molar-refractivity contribution is -0.138. The van der Waals surface area contributed by atoms with Crippen molar-refractivity contribution in [2.45, 2.75) is 25.7 Å². The van der Waals surface area contributed by atoms with Gasteiger partial charge in [-0.25, -0.2) is 4.79 Å². The summed E-state index contributed by atoms with van der Waals surface area (Å²) in [4.78, 5) is 32.3. The lowest BCUT2D eigenvalue weighted by atomic mass is 10.2. The average molecular weight is 266 g/mol. The average Bonchev–Trinajstić information content (AvgIpc) is 2.35. The van der Waals surface area contributed by atoms with Crippen LogP contribution in [-0.2, 0) is 9.59 Å². The lowest BCUT2D eigenvalue weighted by Crippen LogP contribution is -2.08. The normalized spacial score (nSPS) is 9.89. The Bertz CT molecular complexity index is 463. The third-order valence-electron chi connectivity index (χ3n) is 2.35. The second-order valence-electron chi connectivity index (χ2n) is 3.90. The Morgan fingerprint density at radius 2 is 1.53 bits per heavy atom. The summed E-state index contributed by atoms with van der Waals surface area (Å²) in [6.07, 6.45) is 1.02. The van der Waals surface area contributed by atoms with E-state index in [1.54, 1.807) is 0 Å². The summed E-state index contributed by atoms with van der Waals surface area (Å²) in [5.74, 6) is -2.13. The van der Waals surface area contributed by atoms with E-state index in [1.165, 1.54) is 24.3 Å². The van der Waals surface area contributed by atoms with Gasteiger partial charge in [0.05, 0.1) is 5.56 Å². The zero-order valence-corrected chi connectivity index (χ0v) is 10.2. The van der Waals surface area contributed by atoms with E-state index in [0.717, 1.165) is 0 Å². The molecule has 2 N–H and O–H groups in total. The summed E-state index contributed by atoms with van der Waals surface area (Å²) in [7, 11) is 0. The number of hydrogen-bond acceptors (Lipinski definition) is 4. The highest BCUT2D eigenvalue weighted by atomic mass is 16.5. The minimum absolute atomic E-state index is 0.0284. The van der Waals surface area contributed by atoms with E-state index in [2.05, 4.69) is 0 Å². The van der Waals surface area contributed by atoms with Crippen molar-refractivity contribution in [1.29, 1.82) is 0 Å². The van der Waals surface area contributed by atoms with E-state index in [0.29, 0.717) is 12.8 Å². The molecule has 0 atom stereocenters. The smallest absolute Gasteiger partial charge is 0.335 e. The van der Waals surface area contributed by atoms with Crippen LogP contribution in [0.1, 0.15) is 36.0 Å². The monoisotopic (exact) mass is 266 g/mol. The quantitative estimate of drug-likeness (QED) is 0.444. The van der Waals surface area contributed by atoms with Gasteiger partial charge in [-0.15, -0.1) is 0 Å². The number of rotatable bonds is 7. The summed E-state index contributed by atoms with van der Waals surface area (Å²) in [6.45, 7) is 0. The number of hydrogen-bond donors (Lipinski definition) is 2. The Hall–Kier alpha value is -2.37. The van der Waals surface area contributed by atoms with Crippen molar-refractivity contribution in [3.8, 4) is 5.75 Å². The first kappa shape index (κ1) is 14.7. The second-order valence-corrected chi connectivity index (χ2v) is 3.90. The minimum atomic E-state index is -1.05. The number of carbonyl (C=O) groups excluding carboxylic acids is 1. The maximum Gasteiger partial charge on any atom is 0.335 e. The van der Waals surface area contributed by atoms with Gasteiger partial charge in [-0.05, 0) is 37.1 Å². The van der Waals surface area contributed by atoms with Gasteiger partial charge in [0.15, 0.2) is 0 Å². The summed E-state index contributed by atoms with van der Waals surface area (Å²) in [6, 6.07) is 5.49. The number of ether oxygens (including phenoxy) is 1. The van der Waals surface area contributed by atoms with Crippen molar-refractivity contribution < 1.29 is 29.3 Å². The van der Waals surface area contributed by atoms with Crippen molar-refractivity contribution in [1.82, 2.24) is 0 Å². The Morgan fingerprint density at radius 3 is 2.05 bits per heavy atom. The van der Waals surface area contributed by atoms with E-state index in [-0.39, 0.29) is 24.2 Å². The van der Waals surface area contributed by atoms with Gasteiger partial charge < -0.3 is 14.9 Å². The molecule has 6 heteroatoms. The number of esters is 1. The molecule has 0 radical (unpaired) electrons. The molecule has 0 heterocycles. The Balaban J connectivity index is 2.35. The van der Waals surface area contributed by atoms with Crippen LogP contribution in [0.4, 0.5) is 0 Å². The van der Waals surface area contributed by atoms with Gasteiger partial charge in [-0.1, -0.05) is 0 Å². The van der Waals surface area contributed by atoms with Gasteiger partial charge in [0.25, 0.3) is 0 Å². The van der Waals surface area contributed by atoms with Gasteiger partial charge in [-0.3, -0.25) is 9.59 Å². The molecule has 0 saturated carbocycles. The fourth-order valence-corrected chi connectivity index (χ4v) is 1.39. The van der Waals surface area contributed by atoms with Crippen molar-refractivity contribution in [3.05, 3.63) is 29.8 Å². The van der Waals surface area contributed by atoms with Crippen LogP contribution in [0.2, 0.25) is 0 Å². The van der Waals surface area contributed by atoms with Crippen LogP contribution in [-0.4, -0.2) is 28.1 Å². The largest absolute Gasteiger partial charge is 0.481 e. The summed E-state index contributed by atoms with van der Waals surface area (Å²) >= 11 is 0. The van der Waals surface area contributed by atoms with E-state index >= 15 is 0 Å². The maximum absolute atomic E-state index is 11.4. The standard InChI is InChI=1S/C13H14O6/c14-11(15)3-1-2-4-12(16)19-10-7-5-9(6-8-10)13(17)18/h5-8H,1-4H2,(H,14,15)(H,17,18). The van der Waals surface area contributed by atoms with Gasteiger partial charge in [0.1, 0.15) is 5.75 Å². The zero-order valence-electron chi connectivity index (χ0n) is 10.2. The van der Waals surface area contributed by atoms with E-state index in [4.69, 9.17) is 14.9 Å². The first-order chi connectivity index (χ1) is 8.99. The molecule has 0 bridgehead atoms. The molecule has 0 spiro atoms. The molecule has 102 valence electrons. The number of carbonyl (C=O) groups is 3. The third kappa shape index (κ3) is 5.67.